The first-order valence-corrected chi connectivity index (χ1v) is 6.91. The summed E-state index contributed by atoms with van der Waals surface area (Å²) in [7, 11) is 0. The highest BCUT2D eigenvalue weighted by Crippen LogP contribution is 2.41. The third-order valence-electron chi connectivity index (χ3n) is 4.25. The van der Waals surface area contributed by atoms with Gasteiger partial charge in [-0.15, -0.1) is 0 Å². The van der Waals surface area contributed by atoms with Gasteiger partial charge in [0, 0.05) is 44.0 Å². The molecule has 0 aromatic carbocycles. The maximum Gasteiger partial charge on any atom is 0.217 e. The molecule has 2 fully saturated rings. The Kier molecular flexibility index (Phi) is 3.57. The van der Waals surface area contributed by atoms with Crippen LogP contribution in [0.1, 0.15) is 30.9 Å². The Morgan fingerprint density at radius 1 is 1.33 bits per heavy atom. The number of hydrogen-bond acceptors (Lipinski definition) is 3. The second-order valence-corrected chi connectivity index (χ2v) is 5.31. The lowest BCUT2D eigenvalue weighted by molar-refractivity contribution is 0.0806. The van der Waals surface area contributed by atoms with Gasteiger partial charge in [-0.2, -0.15) is 4.39 Å². The highest BCUT2D eigenvalue weighted by atomic mass is 19.1. The smallest absolute Gasteiger partial charge is 0.217 e. The van der Waals surface area contributed by atoms with E-state index in [-0.39, 0.29) is 12.0 Å². The highest BCUT2D eigenvalue weighted by Gasteiger charge is 2.35. The van der Waals surface area contributed by atoms with Gasteiger partial charge in [0.15, 0.2) is 0 Å². The Labute approximate surface area is 107 Å². The van der Waals surface area contributed by atoms with Crippen LogP contribution in [0, 0.1) is 11.9 Å². The molecule has 18 heavy (non-hydrogen) atoms. The fourth-order valence-electron chi connectivity index (χ4n) is 3.08. The number of nitrogens with zero attached hydrogens (tertiary/aromatic N) is 2. The average molecular weight is 249 g/mol. The van der Waals surface area contributed by atoms with Gasteiger partial charge >= 0.3 is 0 Å². The molecule has 2 heterocycles. The minimum absolute atomic E-state index is 0.231. The number of rotatable bonds is 3. The quantitative estimate of drug-likeness (QED) is 0.830. The van der Waals surface area contributed by atoms with Crippen LogP contribution in [0.15, 0.2) is 18.3 Å². The Bertz CT molecular complexity index is 400. The molecule has 2 aliphatic rings. The first-order valence-electron chi connectivity index (χ1n) is 6.91. The standard InChI is InChI=1S/C14H20FN3/c15-14-12(5-2-6-17-14)13(11-3-1-4-11)18-9-7-16-8-10-18/h2,5-6,11,13,16H,1,3-4,7-10H2/t13-/m1/s1. The molecule has 98 valence electrons. The summed E-state index contributed by atoms with van der Waals surface area (Å²) in [6.45, 7) is 4.03. The lowest BCUT2D eigenvalue weighted by Crippen LogP contribution is -2.48. The van der Waals surface area contributed by atoms with Gasteiger partial charge in [0.2, 0.25) is 5.95 Å². The second-order valence-electron chi connectivity index (χ2n) is 5.31. The lowest BCUT2D eigenvalue weighted by atomic mass is 9.76. The molecule has 0 radical (unpaired) electrons. The molecule has 1 saturated heterocycles. The number of aromatic nitrogens is 1. The highest BCUT2D eigenvalue weighted by molar-refractivity contribution is 5.18. The van der Waals surface area contributed by atoms with Gasteiger partial charge in [-0.05, 0) is 24.8 Å². The molecule has 1 aliphatic heterocycles. The van der Waals surface area contributed by atoms with E-state index in [0.717, 1.165) is 31.7 Å². The summed E-state index contributed by atoms with van der Waals surface area (Å²) in [6, 6.07) is 3.99. The van der Waals surface area contributed by atoms with Crippen molar-refractivity contribution in [2.24, 2.45) is 5.92 Å². The maximum absolute atomic E-state index is 14.0. The van der Waals surface area contributed by atoms with E-state index < -0.39 is 0 Å². The van der Waals surface area contributed by atoms with Crippen LogP contribution in [0.5, 0.6) is 0 Å². The zero-order valence-corrected chi connectivity index (χ0v) is 10.6. The molecule has 0 bridgehead atoms. The third-order valence-corrected chi connectivity index (χ3v) is 4.25. The van der Waals surface area contributed by atoms with Crippen molar-refractivity contribution in [2.75, 3.05) is 26.2 Å². The second kappa shape index (κ2) is 5.33. The number of piperazine rings is 1. The van der Waals surface area contributed by atoms with Gasteiger partial charge in [0.05, 0.1) is 0 Å². The Morgan fingerprint density at radius 3 is 2.72 bits per heavy atom. The number of halogens is 1. The van der Waals surface area contributed by atoms with E-state index >= 15 is 0 Å². The third kappa shape index (κ3) is 2.27. The molecule has 3 nitrogen and oxygen atoms in total. The Hall–Kier alpha value is -1.00. The summed E-state index contributed by atoms with van der Waals surface area (Å²) in [5.74, 6) is 0.328. The van der Waals surface area contributed by atoms with Crippen molar-refractivity contribution < 1.29 is 4.39 Å². The molecule has 0 unspecified atom stereocenters. The van der Waals surface area contributed by atoms with Crippen molar-refractivity contribution in [3.63, 3.8) is 0 Å². The van der Waals surface area contributed by atoms with E-state index in [1.165, 1.54) is 25.5 Å². The van der Waals surface area contributed by atoms with Gasteiger partial charge in [-0.1, -0.05) is 12.5 Å². The summed E-state index contributed by atoms with van der Waals surface area (Å²) < 4.78 is 14.0. The van der Waals surface area contributed by atoms with Crippen molar-refractivity contribution in [2.45, 2.75) is 25.3 Å². The van der Waals surface area contributed by atoms with Crippen molar-refractivity contribution >= 4 is 0 Å². The van der Waals surface area contributed by atoms with Crippen LogP contribution < -0.4 is 5.32 Å². The zero-order chi connectivity index (χ0) is 12.4. The molecule has 1 aromatic rings. The number of hydrogen-bond donors (Lipinski definition) is 1. The maximum atomic E-state index is 14.0. The molecule has 1 saturated carbocycles. The first-order chi connectivity index (χ1) is 8.86. The van der Waals surface area contributed by atoms with Crippen molar-refractivity contribution in [3.05, 3.63) is 29.8 Å². The molecule has 1 aliphatic carbocycles. The fourth-order valence-corrected chi connectivity index (χ4v) is 3.08. The largest absolute Gasteiger partial charge is 0.314 e. The fraction of sp³-hybridized carbons (Fsp3) is 0.643. The van der Waals surface area contributed by atoms with E-state index in [1.54, 1.807) is 0 Å². The van der Waals surface area contributed by atoms with Gasteiger partial charge in [-0.25, -0.2) is 4.98 Å². The molecule has 1 atom stereocenters. The van der Waals surface area contributed by atoms with Crippen molar-refractivity contribution in [1.29, 1.82) is 0 Å². The van der Waals surface area contributed by atoms with Crippen LogP contribution in [0.4, 0.5) is 4.39 Å². The SMILES string of the molecule is Fc1ncccc1[C@@H](C1CCC1)N1CCNCC1. The van der Waals surface area contributed by atoms with Crippen molar-refractivity contribution in [3.8, 4) is 0 Å². The monoisotopic (exact) mass is 249 g/mol. The molecular weight excluding hydrogens is 229 g/mol. The average Bonchev–Trinajstić information content (AvgIpc) is 2.36. The van der Waals surface area contributed by atoms with Gasteiger partial charge in [0.1, 0.15) is 0 Å². The summed E-state index contributed by atoms with van der Waals surface area (Å²) in [4.78, 5) is 6.26. The predicted molar refractivity (Wildman–Crippen MR) is 68.7 cm³/mol. The topological polar surface area (TPSA) is 28.2 Å². The minimum Gasteiger partial charge on any atom is -0.314 e. The van der Waals surface area contributed by atoms with Gasteiger partial charge in [0.25, 0.3) is 0 Å². The Morgan fingerprint density at radius 2 is 2.11 bits per heavy atom. The van der Waals surface area contributed by atoms with Gasteiger partial charge < -0.3 is 5.32 Å². The molecule has 1 aromatic heterocycles. The molecule has 1 N–H and O–H groups in total. The number of nitrogens with one attached hydrogen (secondary N) is 1. The van der Waals surface area contributed by atoms with Crippen LogP contribution in [0.2, 0.25) is 0 Å². The van der Waals surface area contributed by atoms with E-state index in [4.69, 9.17) is 0 Å². The predicted octanol–water partition coefficient (Wildman–Crippen LogP) is 1.97. The molecule has 4 heteroatoms. The minimum atomic E-state index is -0.284. The van der Waals surface area contributed by atoms with Crippen LogP contribution in [0.25, 0.3) is 0 Å². The molecule has 3 rings (SSSR count). The van der Waals surface area contributed by atoms with Crippen LogP contribution >= 0.6 is 0 Å². The van der Waals surface area contributed by atoms with E-state index in [2.05, 4.69) is 15.2 Å². The summed E-state index contributed by atoms with van der Waals surface area (Å²) >= 11 is 0. The van der Waals surface area contributed by atoms with Gasteiger partial charge in [-0.3, -0.25) is 4.90 Å². The lowest BCUT2D eigenvalue weighted by Gasteiger charge is -2.43. The summed E-state index contributed by atoms with van der Waals surface area (Å²) in [5.41, 5.74) is 0.795. The van der Waals surface area contributed by atoms with E-state index in [1.807, 2.05) is 12.1 Å². The summed E-state index contributed by atoms with van der Waals surface area (Å²) in [5, 5.41) is 3.36. The molecule has 0 amide bonds. The molecular formula is C14H20FN3. The van der Waals surface area contributed by atoms with Crippen LogP contribution in [0.3, 0.4) is 0 Å². The van der Waals surface area contributed by atoms with E-state index in [0.29, 0.717) is 5.92 Å². The van der Waals surface area contributed by atoms with Crippen LogP contribution in [-0.2, 0) is 0 Å². The zero-order valence-electron chi connectivity index (χ0n) is 10.6. The van der Waals surface area contributed by atoms with Crippen molar-refractivity contribution in [1.82, 2.24) is 15.2 Å². The van der Waals surface area contributed by atoms with Crippen LogP contribution in [-0.4, -0.2) is 36.1 Å². The normalized spacial score (nSPS) is 23.6. The summed E-state index contributed by atoms with van der Waals surface area (Å²) in [6.07, 6.45) is 5.27. The first kappa shape index (κ1) is 12.1. The number of pyridine rings is 1. The Balaban J connectivity index is 1.87. The van der Waals surface area contributed by atoms with E-state index in [9.17, 15) is 4.39 Å². The molecule has 0 spiro atoms.